The van der Waals surface area contributed by atoms with Gasteiger partial charge in [0.1, 0.15) is 0 Å². The van der Waals surface area contributed by atoms with E-state index in [-0.39, 0.29) is 5.91 Å². The second-order valence-corrected chi connectivity index (χ2v) is 5.88. The average Bonchev–Trinajstić information content (AvgIpc) is 2.48. The molecule has 1 amide bonds. The summed E-state index contributed by atoms with van der Waals surface area (Å²) in [6.45, 7) is 2.60. The Kier molecular flexibility index (Phi) is 5.53. The van der Waals surface area contributed by atoms with E-state index in [1.54, 1.807) is 17.0 Å². The molecule has 110 valence electrons. The van der Waals surface area contributed by atoms with Crippen molar-refractivity contribution in [1.29, 1.82) is 0 Å². The van der Waals surface area contributed by atoms with Crippen molar-refractivity contribution in [3.05, 3.63) is 53.6 Å². The van der Waals surface area contributed by atoms with Gasteiger partial charge in [-0.1, -0.05) is 29.8 Å². The van der Waals surface area contributed by atoms with Crippen molar-refractivity contribution in [1.82, 2.24) is 0 Å². The predicted molar refractivity (Wildman–Crippen MR) is 91.1 cm³/mol. The van der Waals surface area contributed by atoms with E-state index >= 15 is 0 Å². The molecule has 0 fully saturated rings. The smallest absolute Gasteiger partial charge is 0.237 e. The summed E-state index contributed by atoms with van der Waals surface area (Å²) in [5.41, 5.74) is 7.19. The van der Waals surface area contributed by atoms with Gasteiger partial charge in [0.2, 0.25) is 5.91 Å². The van der Waals surface area contributed by atoms with Crippen LogP contribution < -0.4 is 10.6 Å². The van der Waals surface area contributed by atoms with Crippen molar-refractivity contribution in [2.75, 3.05) is 22.9 Å². The van der Waals surface area contributed by atoms with Gasteiger partial charge in [0.25, 0.3) is 0 Å². The van der Waals surface area contributed by atoms with E-state index in [2.05, 4.69) is 0 Å². The number of benzene rings is 2. The molecule has 0 saturated carbocycles. The van der Waals surface area contributed by atoms with Gasteiger partial charge >= 0.3 is 0 Å². The first-order chi connectivity index (χ1) is 10.1. The molecule has 2 aromatic carbocycles. The van der Waals surface area contributed by atoms with Crippen LogP contribution in [0, 0.1) is 0 Å². The van der Waals surface area contributed by atoms with Crippen molar-refractivity contribution in [3.63, 3.8) is 0 Å². The predicted octanol–water partition coefficient (Wildman–Crippen LogP) is 4.07. The van der Waals surface area contributed by atoms with E-state index in [9.17, 15) is 4.79 Å². The molecule has 0 aliphatic heterocycles. The summed E-state index contributed by atoms with van der Waals surface area (Å²) in [5, 5.41) is 0.579. The van der Waals surface area contributed by atoms with E-state index < -0.39 is 0 Å². The van der Waals surface area contributed by atoms with Gasteiger partial charge in [-0.2, -0.15) is 0 Å². The van der Waals surface area contributed by atoms with Crippen molar-refractivity contribution >= 4 is 40.6 Å². The largest absolute Gasteiger partial charge is 0.399 e. The maximum atomic E-state index is 12.4. The number of anilines is 2. The highest BCUT2D eigenvalue weighted by Crippen LogP contribution is 2.29. The number of thioether (sulfide) groups is 1. The highest BCUT2D eigenvalue weighted by atomic mass is 35.5. The average molecular weight is 321 g/mol. The maximum Gasteiger partial charge on any atom is 0.237 e. The molecule has 0 bridgehead atoms. The van der Waals surface area contributed by atoms with E-state index in [1.807, 2.05) is 43.3 Å². The summed E-state index contributed by atoms with van der Waals surface area (Å²) in [6, 6.07) is 15.0. The SMILES string of the molecule is CCN(C(=O)CSc1ccc(N)cc1Cl)c1ccccc1. The van der Waals surface area contributed by atoms with E-state index in [0.29, 0.717) is 23.0 Å². The molecule has 0 atom stereocenters. The number of rotatable bonds is 5. The second kappa shape index (κ2) is 7.38. The van der Waals surface area contributed by atoms with Crippen LogP contribution in [0.4, 0.5) is 11.4 Å². The number of halogens is 1. The van der Waals surface area contributed by atoms with Gasteiger partial charge in [-0.3, -0.25) is 4.79 Å². The number of nitrogens with two attached hydrogens (primary N) is 1. The lowest BCUT2D eigenvalue weighted by atomic mass is 10.3. The first kappa shape index (κ1) is 15.7. The molecule has 2 aromatic rings. The summed E-state index contributed by atoms with van der Waals surface area (Å²) < 4.78 is 0. The van der Waals surface area contributed by atoms with Crippen LogP contribution in [0.25, 0.3) is 0 Å². The highest BCUT2D eigenvalue weighted by Gasteiger charge is 2.14. The third-order valence-electron chi connectivity index (χ3n) is 2.99. The Morgan fingerprint density at radius 2 is 1.95 bits per heavy atom. The van der Waals surface area contributed by atoms with Crippen molar-refractivity contribution in [2.45, 2.75) is 11.8 Å². The minimum absolute atomic E-state index is 0.0570. The standard InChI is InChI=1S/C16H17ClN2OS/c1-2-19(13-6-4-3-5-7-13)16(20)11-21-15-9-8-12(18)10-14(15)17/h3-10H,2,11,18H2,1H3. The zero-order valence-electron chi connectivity index (χ0n) is 11.8. The van der Waals surface area contributed by atoms with Crippen molar-refractivity contribution in [2.24, 2.45) is 0 Å². The Hall–Kier alpha value is -1.65. The number of amides is 1. The highest BCUT2D eigenvalue weighted by molar-refractivity contribution is 8.00. The molecular weight excluding hydrogens is 304 g/mol. The first-order valence-corrected chi connectivity index (χ1v) is 8.01. The molecule has 2 N–H and O–H groups in total. The molecule has 0 aliphatic carbocycles. The van der Waals surface area contributed by atoms with Crippen LogP contribution in [-0.4, -0.2) is 18.2 Å². The molecular formula is C16H17ClN2OS. The molecule has 21 heavy (non-hydrogen) atoms. The number of carbonyl (C=O) groups excluding carboxylic acids is 1. The molecule has 0 aliphatic rings. The van der Waals surface area contributed by atoms with Crippen LogP contribution in [0.15, 0.2) is 53.4 Å². The summed E-state index contributed by atoms with van der Waals surface area (Å²) >= 11 is 7.54. The number of nitrogens with zero attached hydrogens (tertiary/aromatic N) is 1. The minimum Gasteiger partial charge on any atom is -0.399 e. The summed E-state index contributed by atoms with van der Waals surface area (Å²) in [5.74, 6) is 0.397. The lowest BCUT2D eigenvalue weighted by molar-refractivity contribution is -0.116. The van der Waals surface area contributed by atoms with Gasteiger partial charge in [0, 0.05) is 22.8 Å². The van der Waals surface area contributed by atoms with Gasteiger partial charge in [-0.05, 0) is 37.3 Å². The van der Waals surface area contributed by atoms with Crippen LogP contribution >= 0.6 is 23.4 Å². The molecule has 2 rings (SSSR count). The zero-order chi connectivity index (χ0) is 15.2. The first-order valence-electron chi connectivity index (χ1n) is 6.65. The van der Waals surface area contributed by atoms with Gasteiger partial charge in [-0.25, -0.2) is 0 Å². The number of hydrogen-bond acceptors (Lipinski definition) is 3. The van der Waals surface area contributed by atoms with Crippen molar-refractivity contribution in [3.8, 4) is 0 Å². The quantitative estimate of drug-likeness (QED) is 0.667. The molecule has 0 heterocycles. The number of hydrogen-bond donors (Lipinski definition) is 1. The molecule has 0 spiro atoms. The summed E-state index contributed by atoms with van der Waals surface area (Å²) in [6.07, 6.45) is 0. The molecule has 0 saturated heterocycles. The molecule has 3 nitrogen and oxygen atoms in total. The van der Waals surface area contributed by atoms with Crippen molar-refractivity contribution < 1.29 is 4.79 Å². The second-order valence-electron chi connectivity index (χ2n) is 4.45. The topological polar surface area (TPSA) is 46.3 Å². The van der Waals surface area contributed by atoms with E-state index in [0.717, 1.165) is 10.6 Å². The molecule has 0 unspecified atom stereocenters. The Bertz CT molecular complexity index is 619. The lowest BCUT2D eigenvalue weighted by Crippen LogP contribution is -2.32. The van der Waals surface area contributed by atoms with E-state index in [4.69, 9.17) is 17.3 Å². The zero-order valence-corrected chi connectivity index (χ0v) is 13.3. The monoisotopic (exact) mass is 320 g/mol. The van der Waals surface area contributed by atoms with Crippen LogP contribution in [0.2, 0.25) is 5.02 Å². The Morgan fingerprint density at radius 1 is 1.24 bits per heavy atom. The van der Waals surface area contributed by atoms with Crippen LogP contribution in [-0.2, 0) is 4.79 Å². The summed E-state index contributed by atoms with van der Waals surface area (Å²) in [7, 11) is 0. The fraction of sp³-hybridized carbons (Fsp3) is 0.188. The van der Waals surface area contributed by atoms with Crippen LogP contribution in [0.1, 0.15) is 6.92 Å². The van der Waals surface area contributed by atoms with Gasteiger partial charge in [0.05, 0.1) is 10.8 Å². The van der Waals surface area contributed by atoms with Crippen LogP contribution in [0.3, 0.4) is 0 Å². The van der Waals surface area contributed by atoms with Gasteiger partial charge < -0.3 is 10.6 Å². The Balaban J connectivity index is 2.03. The third kappa shape index (κ3) is 4.16. The Labute approximate surface area is 134 Å². The number of nitrogen functional groups attached to an aromatic ring is 1. The Morgan fingerprint density at radius 3 is 2.57 bits per heavy atom. The normalized spacial score (nSPS) is 10.4. The van der Waals surface area contributed by atoms with E-state index in [1.165, 1.54) is 11.8 Å². The summed E-state index contributed by atoms with van der Waals surface area (Å²) in [4.78, 5) is 15.0. The third-order valence-corrected chi connectivity index (χ3v) is 4.48. The van der Waals surface area contributed by atoms with Crippen LogP contribution in [0.5, 0.6) is 0 Å². The fourth-order valence-electron chi connectivity index (χ4n) is 1.96. The minimum atomic E-state index is 0.0570. The fourth-order valence-corrected chi connectivity index (χ4v) is 3.11. The number of carbonyl (C=O) groups is 1. The molecule has 5 heteroatoms. The molecule has 0 radical (unpaired) electrons. The maximum absolute atomic E-state index is 12.4. The molecule has 0 aromatic heterocycles. The number of para-hydroxylation sites is 1. The van der Waals surface area contributed by atoms with Gasteiger partial charge in [0.15, 0.2) is 0 Å². The van der Waals surface area contributed by atoms with Gasteiger partial charge in [-0.15, -0.1) is 11.8 Å². The lowest BCUT2D eigenvalue weighted by Gasteiger charge is -2.20.